The number of carbonyl (C=O) groups excluding carboxylic acids is 2. The van der Waals surface area contributed by atoms with E-state index in [1.54, 1.807) is 0 Å². The fourth-order valence-electron chi connectivity index (χ4n) is 2.86. The lowest BCUT2D eigenvalue weighted by molar-refractivity contribution is -0.117. The number of carbonyl (C=O) groups is 2. The highest BCUT2D eigenvalue weighted by molar-refractivity contribution is 5.94. The maximum Gasteiger partial charge on any atom is 0.253 e. The molecule has 1 fully saturated rings. The van der Waals surface area contributed by atoms with Gasteiger partial charge in [-0.1, -0.05) is 30.3 Å². The molecule has 25 heavy (non-hydrogen) atoms. The zero-order valence-corrected chi connectivity index (χ0v) is 14.1. The number of anilines is 1. The number of nitrogens with one attached hydrogen (secondary N) is 1. The molecule has 1 heterocycles. The SMILES string of the molecule is [CH2]c1ccc(C(=O)N2CCN(CC(=O)Nc3ccccc3)CC2)cc1. The van der Waals surface area contributed by atoms with Gasteiger partial charge in [-0.25, -0.2) is 0 Å². The lowest BCUT2D eigenvalue weighted by Crippen LogP contribution is -2.50. The average molecular weight is 336 g/mol. The van der Waals surface area contributed by atoms with Crippen LogP contribution in [0.4, 0.5) is 5.69 Å². The molecule has 5 heteroatoms. The number of rotatable bonds is 4. The molecular weight excluding hydrogens is 314 g/mol. The summed E-state index contributed by atoms with van der Waals surface area (Å²) < 4.78 is 0. The van der Waals surface area contributed by atoms with Crippen LogP contribution >= 0.6 is 0 Å². The smallest absolute Gasteiger partial charge is 0.253 e. The zero-order chi connectivity index (χ0) is 17.6. The van der Waals surface area contributed by atoms with Gasteiger partial charge in [0.05, 0.1) is 6.54 Å². The summed E-state index contributed by atoms with van der Waals surface area (Å²) in [6.45, 7) is 6.82. The van der Waals surface area contributed by atoms with Gasteiger partial charge in [0.2, 0.25) is 5.91 Å². The summed E-state index contributed by atoms with van der Waals surface area (Å²) in [5, 5.41) is 2.89. The summed E-state index contributed by atoms with van der Waals surface area (Å²) in [5.74, 6) is 0.00500. The van der Waals surface area contributed by atoms with Crippen molar-refractivity contribution in [2.24, 2.45) is 0 Å². The van der Waals surface area contributed by atoms with Crippen LogP contribution in [0.2, 0.25) is 0 Å². The molecule has 129 valence electrons. The summed E-state index contributed by atoms with van der Waals surface area (Å²) in [4.78, 5) is 28.5. The first-order valence-electron chi connectivity index (χ1n) is 8.40. The number of nitrogens with zero attached hydrogens (tertiary/aromatic N) is 2. The van der Waals surface area contributed by atoms with Crippen LogP contribution in [-0.2, 0) is 4.79 Å². The van der Waals surface area contributed by atoms with Crippen LogP contribution < -0.4 is 5.32 Å². The predicted octanol–water partition coefficient (Wildman–Crippen LogP) is 2.27. The third kappa shape index (κ3) is 4.67. The van der Waals surface area contributed by atoms with Crippen LogP contribution in [0.1, 0.15) is 15.9 Å². The van der Waals surface area contributed by atoms with E-state index in [4.69, 9.17) is 0 Å². The van der Waals surface area contributed by atoms with Gasteiger partial charge in [-0.05, 0) is 36.8 Å². The number of hydrogen-bond donors (Lipinski definition) is 1. The molecule has 1 aliphatic rings. The van der Waals surface area contributed by atoms with E-state index in [-0.39, 0.29) is 11.8 Å². The Morgan fingerprint density at radius 2 is 1.56 bits per heavy atom. The summed E-state index contributed by atoms with van der Waals surface area (Å²) in [7, 11) is 0. The molecule has 5 nitrogen and oxygen atoms in total. The second-order valence-electron chi connectivity index (χ2n) is 6.18. The first kappa shape index (κ1) is 17.2. The van der Waals surface area contributed by atoms with Crippen molar-refractivity contribution in [2.45, 2.75) is 0 Å². The van der Waals surface area contributed by atoms with Gasteiger partial charge in [-0.2, -0.15) is 0 Å². The van der Waals surface area contributed by atoms with E-state index in [2.05, 4.69) is 17.1 Å². The Kier molecular flexibility index (Phi) is 5.46. The highest BCUT2D eigenvalue weighted by Gasteiger charge is 2.23. The summed E-state index contributed by atoms with van der Waals surface area (Å²) in [5.41, 5.74) is 2.38. The van der Waals surface area contributed by atoms with Gasteiger partial charge in [-0.15, -0.1) is 0 Å². The van der Waals surface area contributed by atoms with Gasteiger partial charge >= 0.3 is 0 Å². The summed E-state index contributed by atoms with van der Waals surface area (Å²) in [6.07, 6.45) is 0. The van der Waals surface area contributed by atoms with Crippen molar-refractivity contribution in [3.05, 3.63) is 72.6 Å². The molecule has 0 unspecified atom stereocenters. The molecule has 1 radical (unpaired) electrons. The van der Waals surface area contributed by atoms with E-state index in [1.807, 2.05) is 59.5 Å². The number of benzene rings is 2. The molecule has 0 spiro atoms. The van der Waals surface area contributed by atoms with Crippen molar-refractivity contribution in [3.8, 4) is 0 Å². The molecule has 0 aromatic heterocycles. The Labute approximate surface area is 148 Å². The molecule has 0 aliphatic carbocycles. The van der Waals surface area contributed by atoms with Crippen LogP contribution in [0.5, 0.6) is 0 Å². The Hall–Kier alpha value is -2.66. The van der Waals surface area contributed by atoms with Crippen LogP contribution in [0.15, 0.2) is 54.6 Å². The molecule has 0 saturated carbocycles. The molecule has 0 bridgehead atoms. The predicted molar refractivity (Wildman–Crippen MR) is 98.3 cm³/mol. The normalized spacial score (nSPS) is 15.0. The van der Waals surface area contributed by atoms with Crippen molar-refractivity contribution in [2.75, 3.05) is 38.0 Å². The molecule has 2 aromatic carbocycles. The van der Waals surface area contributed by atoms with Gasteiger partial charge in [0.1, 0.15) is 0 Å². The second kappa shape index (κ2) is 7.94. The number of para-hydroxylation sites is 1. The Bertz CT molecular complexity index is 720. The Morgan fingerprint density at radius 1 is 0.920 bits per heavy atom. The minimum atomic E-state index is -0.0305. The van der Waals surface area contributed by atoms with E-state index < -0.39 is 0 Å². The molecule has 1 saturated heterocycles. The maximum atomic E-state index is 12.5. The lowest BCUT2D eigenvalue weighted by Gasteiger charge is -2.34. The lowest BCUT2D eigenvalue weighted by atomic mass is 10.1. The topological polar surface area (TPSA) is 52.7 Å². The largest absolute Gasteiger partial charge is 0.336 e. The zero-order valence-electron chi connectivity index (χ0n) is 14.1. The number of piperazine rings is 1. The van der Waals surface area contributed by atoms with Crippen LogP contribution in [-0.4, -0.2) is 54.3 Å². The van der Waals surface area contributed by atoms with Crippen molar-refractivity contribution >= 4 is 17.5 Å². The molecule has 1 N–H and O–H groups in total. The van der Waals surface area contributed by atoms with E-state index in [1.165, 1.54) is 0 Å². The number of hydrogen-bond acceptors (Lipinski definition) is 3. The van der Waals surface area contributed by atoms with Gasteiger partial charge in [0.15, 0.2) is 0 Å². The van der Waals surface area contributed by atoms with Crippen LogP contribution in [0, 0.1) is 6.92 Å². The summed E-state index contributed by atoms with van der Waals surface area (Å²) >= 11 is 0. The van der Waals surface area contributed by atoms with Crippen molar-refractivity contribution in [1.82, 2.24) is 9.80 Å². The highest BCUT2D eigenvalue weighted by atomic mass is 16.2. The molecular formula is C20H22N3O2. The third-order valence-corrected chi connectivity index (χ3v) is 4.29. The van der Waals surface area contributed by atoms with E-state index in [9.17, 15) is 9.59 Å². The molecule has 3 rings (SSSR count). The van der Waals surface area contributed by atoms with Crippen molar-refractivity contribution in [3.63, 3.8) is 0 Å². The number of amides is 2. The van der Waals surface area contributed by atoms with Crippen molar-refractivity contribution < 1.29 is 9.59 Å². The highest BCUT2D eigenvalue weighted by Crippen LogP contribution is 2.11. The fourth-order valence-corrected chi connectivity index (χ4v) is 2.86. The minimum absolute atomic E-state index is 0.0305. The molecule has 2 amide bonds. The minimum Gasteiger partial charge on any atom is -0.336 e. The quantitative estimate of drug-likeness (QED) is 0.932. The monoisotopic (exact) mass is 336 g/mol. The van der Waals surface area contributed by atoms with E-state index in [0.29, 0.717) is 38.3 Å². The first-order chi connectivity index (χ1) is 12.1. The first-order valence-corrected chi connectivity index (χ1v) is 8.40. The Morgan fingerprint density at radius 3 is 2.20 bits per heavy atom. The third-order valence-electron chi connectivity index (χ3n) is 4.29. The molecule has 0 atom stereocenters. The van der Waals surface area contributed by atoms with Gasteiger partial charge < -0.3 is 10.2 Å². The maximum absolute atomic E-state index is 12.5. The Balaban J connectivity index is 1.47. The van der Waals surface area contributed by atoms with Gasteiger partial charge in [0.25, 0.3) is 5.91 Å². The second-order valence-corrected chi connectivity index (χ2v) is 6.18. The standard InChI is InChI=1S/C20H22N3O2/c1-16-7-9-17(10-8-16)20(25)23-13-11-22(12-14-23)15-19(24)21-18-5-3-2-4-6-18/h2-10H,1,11-15H2,(H,21,24). The average Bonchev–Trinajstić information content (AvgIpc) is 2.63. The molecule has 1 aliphatic heterocycles. The van der Waals surface area contributed by atoms with Crippen LogP contribution in [0.3, 0.4) is 0 Å². The van der Waals surface area contributed by atoms with Gasteiger partial charge in [0, 0.05) is 37.4 Å². The van der Waals surface area contributed by atoms with Crippen LogP contribution in [0.25, 0.3) is 0 Å². The fraction of sp³-hybridized carbons (Fsp3) is 0.250. The summed E-state index contributed by atoms with van der Waals surface area (Å²) in [6, 6.07) is 16.7. The van der Waals surface area contributed by atoms with Crippen molar-refractivity contribution in [1.29, 1.82) is 0 Å². The van der Waals surface area contributed by atoms with E-state index >= 15 is 0 Å². The van der Waals surface area contributed by atoms with Gasteiger partial charge in [-0.3, -0.25) is 14.5 Å². The van der Waals surface area contributed by atoms with E-state index in [0.717, 1.165) is 11.3 Å². The molecule has 2 aromatic rings.